The van der Waals surface area contributed by atoms with Gasteiger partial charge in [0, 0.05) is 64.3 Å². The van der Waals surface area contributed by atoms with Crippen molar-refractivity contribution in [2.45, 2.75) is 25.5 Å². The minimum atomic E-state index is -0.0842. The highest BCUT2D eigenvalue weighted by molar-refractivity contribution is 7.99. The van der Waals surface area contributed by atoms with Crippen molar-refractivity contribution in [3.8, 4) is 5.75 Å². The first-order valence-electron chi connectivity index (χ1n) is 11.0. The van der Waals surface area contributed by atoms with Crippen molar-refractivity contribution in [1.82, 2.24) is 24.5 Å². The summed E-state index contributed by atoms with van der Waals surface area (Å²) in [4.78, 5) is 19.2. The first kappa shape index (κ1) is 23.2. The number of halogens is 1. The number of hydrogen-bond acceptors (Lipinski definition) is 7. The molecule has 2 fully saturated rings. The molecule has 3 heterocycles. The Bertz CT molecular complexity index is 910. The Morgan fingerprint density at radius 1 is 1.19 bits per heavy atom. The lowest BCUT2D eigenvalue weighted by molar-refractivity contribution is 0.114. The molecule has 2 saturated heterocycles. The minimum absolute atomic E-state index is 0.0842. The number of aromatic nitrogens is 2. The number of anilines is 1. The number of carbonyl (C=O) groups excluding carboxylic acids is 1. The van der Waals surface area contributed by atoms with Crippen LogP contribution in [0.1, 0.15) is 18.4 Å². The van der Waals surface area contributed by atoms with Crippen LogP contribution in [0.4, 0.5) is 10.6 Å². The van der Waals surface area contributed by atoms with Crippen molar-refractivity contribution < 1.29 is 9.53 Å². The number of piperidine rings is 1. The Labute approximate surface area is 198 Å². The summed E-state index contributed by atoms with van der Waals surface area (Å²) < 4.78 is 10.7. The summed E-state index contributed by atoms with van der Waals surface area (Å²) in [6, 6.07) is 7.78. The molecule has 2 aromatic rings. The van der Waals surface area contributed by atoms with Crippen LogP contribution in [0.3, 0.4) is 0 Å². The van der Waals surface area contributed by atoms with Gasteiger partial charge in [-0.15, -0.1) is 5.10 Å². The van der Waals surface area contributed by atoms with Crippen LogP contribution in [0.5, 0.6) is 5.75 Å². The summed E-state index contributed by atoms with van der Waals surface area (Å²) in [5.74, 6) is 1.46. The predicted octanol–water partition coefficient (Wildman–Crippen LogP) is 3.49. The Hall–Kier alpha value is -1.94. The summed E-state index contributed by atoms with van der Waals surface area (Å²) in [5, 5.41) is 4.95. The molecule has 1 aromatic carbocycles. The van der Waals surface area contributed by atoms with E-state index in [1.807, 2.05) is 17.2 Å². The van der Waals surface area contributed by atoms with Gasteiger partial charge < -0.3 is 19.3 Å². The number of rotatable bonds is 6. The van der Waals surface area contributed by atoms with E-state index in [4.69, 9.17) is 16.3 Å². The fourth-order valence-corrected chi connectivity index (χ4v) is 4.59. The smallest absolute Gasteiger partial charge is 0.344 e. The van der Waals surface area contributed by atoms with Gasteiger partial charge in [-0.3, -0.25) is 4.90 Å². The minimum Gasteiger partial charge on any atom is -0.489 e. The number of amides is 1. The molecule has 174 valence electrons. The Morgan fingerprint density at radius 3 is 2.66 bits per heavy atom. The second kappa shape index (κ2) is 10.8. The molecule has 2 aliphatic heterocycles. The molecule has 0 aliphatic carbocycles. The van der Waals surface area contributed by atoms with Crippen molar-refractivity contribution in [1.29, 1.82) is 0 Å². The van der Waals surface area contributed by atoms with Gasteiger partial charge in [-0.1, -0.05) is 29.6 Å². The van der Waals surface area contributed by atoms with Crippen LogP contribution in [0.25, 0.3) is 0 Å². The third-order valence-corrected chi connectivity index (χ3v) is 6.72. The van der Waals surface area contributed by atoms with E-state index in [0.717, 1.165) is 51.3 Å². The SMILES string of the molecule is CSNc1ccn(C(=O)N2CCN(Cc3ccc(Cl)c(OC4CCN(C)CC4)c3)CC2)n1. The summed E-state index contributed by atoms with van der Waals surface area (Å²) in [5.41, 5.74) is 1.18. The Balaban J connectivity index is 1.29. The third kappa shape index (κ3) is 5.89. The number of nitrogens with zero attached hydrogens (tertiary/aromatic N) is 5. The third-order valence-electron chi connectivity index (χ3n) is 6.00. The van der Waals surface area contributed by atoms with Gasteiger partial charge in [-0.05, 0) is 37.6 Å². The second-order valence-electron chi connectivity index (χ2n) is 8.38. The van der Waals surface area contributed by atoms with Gasteiger partial charge in [0.05, 0.1) is 5.02 Å². The quantitative estimate of drug-likeness (QED) is 0.637. The molecule has 0 atom stereocenters. The van der Waals surface area contributed by atoms with Gasteiger partial charge >= 0.3 is 6.03 Å². The van der Waals surface area contributed by atoms with Crippen molar-refractivity contribution in [2.24, 2.45) is 0 Å². The maximum Gasteiger partial charge on any atom is 0.344 e. The maximum absolute atomic E-state index is 12.7. The lowest BCUT2D eigenvalue weighted by Crippen LogP contribution is -2.49. The summed E-state index contributed by atoms with van der Waals surface area (Å²) >= 11 is 7.86. The summed E-state index contributed by atoms with van der Waals surface area (Å²) in [6.07, 6.45) is 5.90. The number of hydrogen-bond donors (Lipinski definition) is 1. The molecule has 0 spiro atoms. The van der Waals surface area contributed by atoms with Crippen molar-refractivity contribution in [2.75, 3.05) is 57.3 Å². The van der Waals surface area contributed by atoms with E-state index in [1.165, 1.54) is 22.2 Å². The van der Waals surface area contributed by atoms with Gasteiger partial charge in [0.1, 0.15) is 11.9 Å². The number of carbonyl (C=O) groups is 1. The van der Waals surface area contributed by atoms with Gasteiger partial charge in [0.2, 0.25) is 0 Å². The molecule has 1 amide bonds. The zero-order valence-electron chi connectivity index (χ0n) is 18.7. The molecule has 0 saturated carbocycles. The summed E-state index contributed by atoms with van der Waals surface area (Å²) in [7, 11) is 2.15. The number of nitrogens with one attached hydrogen (secondary N) is 1. The molecule has 4 rings (SSSR count). The van der Waals surface area contributed by atoms with Crippen LogP contribution in [0, 0.1) is 0 Å². The largest absolute Gasteiger partial charge is 0.489 e. The molecule has 0 bridgehead atoms. The zero-order valence-corrected chi connectivity index (χ0v) is 20.2. The lowest BCUT2D eigenvalue weighted by Gasteiger charge is -2.34. The predicted molar refractivity (Wildman–Crippen MR) is 130 cm³/mol. The molecule has 1 aromatic heterocycles. The van der Waals surface area contributed by atoms with Crippen molar-refractivity contribution in [3.63, 3.8) is 0 Å². The van der Waals surface area contributed by atoms with E-state index < -0.39 is 0 Å². The van der Waals surface area contributed by atoms with Gasteiger partial charge in [-0.2, -0.15) is 4.68 Å². The molecule has 10 heteroatoms. The monoisotopic (exact) mass is 478 g/mol. The van der Waals surface area contributed by atoms with Crippen LogP contribution in [-0.2, 0) is 6.54 Å². The average molecular weight is 479 g/mol. The Kier molecular flexibility index (Phi) is 7.83. The molecule has 0 radical (unpaired) electrons. The van der Waals surface area contributed by atoms with E-state index in [9.17, 15) is 4.79 Å². The number of piperazine rings is 1. The first-order valence-corrected chi connectivity index (χ1v) is 12.6. The Morgan fingerprint density at radius 2 is 1.94 bits per heavy atom. The number of ether oxygens (including phenoxy) is 1. The maximum atomic E-state index is 12.7. The van der Waals surface area contributed by atoms with Crippen LogP contribution in [-0.4, -0.2) is 89.2 Å². The van der Waals surface area contributed by atoms with Crippen LogP contribution >= 0.6 is 23.5 Å². The second-order valence-corrected chi connectivity index (χ2v) is 9.40. The van der Waals surface area contributed by atoms with Crippen LogP contribution in [0.2, 0.25) is 5.02 Å². The molecule has 8 nitrogen and oxygen atoms in total. The van der Waals surface area contributed by atoms with Crippen molar-refractivity contribution >= 4 is 35.4 Å². The normalized spacial score (nSPS) is 18.7. The molecule has 0 unspecified atom stereocenters. The zero-order chi connectivity index (χ0) is 22.5. The molecule has 2 aliphatic rings. The fourth-order valence-electron chi connectivity index (χ4n) is 4.11. The molecular formula is C22H31ClN6O2S. The van der Waals surface area contributed by atoms with Gasteiger partial charge in [0.15, 0.2) is 5.82 Å². The summed E-state index contributed by atoms with van der Waals surface area (Å²) in [6.45, 7) is 5.91. The van der Waals surface area contributed by atoms with Gasteiger partial charge in [-0.25, -0.2) is 4.79 Å². The standard InChI is InChI=1S/C22H31ClN6O2S/c1-26-8-5-18(6-9-26)31-20-15-17(3-4-19(20)23)16-27-11-13-28(14-12-27)22(30)29-10-7-21(24-29)25-32-2/h3-4,7,10,15,18H,5-6,8-9,11-14,16H2,1-2H3,(H,24,25). The van der Waals surface area contributed by atoms with E-state index in [-0.39, 0.29) is 12.1 Å². The van der Waals surface area contributed by atoms with Gasteiger partial charge in [0.25, 0.3) is 0 Å². The first-order chi connectivity index (χ1) is 15.5. The van der Waals surface area contributed by atoms with Crippen LogP contribution < -0.4 is 9.46 Å². The molecule has 1 N–H and O–H groups in total. The highest BCUT2D eigenvalue weighted by atomic mass is 35.5. The topological polar surface area (TPSA) is 65.9 Å². The highest BCUT2D eigenvalue weighted by Crippen LogP contribution is 2.29. The fraction of sp³-hybridized carbons (Fsp3) is 0.545. The lowest BCUT2D eigenvalue weighted by atomic mass is 10.1. The highest BCUT2D eigenvalue weighted by Gasteiger charge is 2.24. The van der Waals surface area contributed by atoms with E-state index in [2.05, 4.69) is 38.8 Å². The van der Waals surface area contributed by atoms with E-state index in [1.54, 1.807) is 12.3 Å². The molecule has 32 heavy (non-hydrogen) atoms. The number of likely N-dealkylation sites (tertiary alicyclic amines) is 1. The average Bonchev–Trinajstić information content (AvgIpc) is 3.26. The van der Waals surface area contributed by atoms with Crippen LogP contribution in [0.15, 0.2) is 30.5 Å². The van der Waals surface area contributed by atoms with E-state index in [0.29, 0.717) is 23.9 Å². The van der Waals surface area contributed by atoms with E-state index >= 15 is 0 Å². The molecular weight excluding hydrogens is 448 g/mol. The number of benzene rings is 1. The van der Waals surface area contributed by atoms with Crippen molar-refractivity contribution in [3.05, 3.63) is 41.0 Å².